The maximum absolute atomic E-state index is 10.6. The molecule has 0 N–H and O–H groups in total. The minimum Gasteiger partial charge on any atom is -0.295 e. The molecule has 80 valence electrons. The van der Waals surface area contributed by atoms with Gasteiger partial charge in [-0.25, -0.2) is 0 Å². The number of hydrogen-bond acceptors (Lipinski definition) is 1. The molecule has 0 aliphatic heterocycles. The van der Waals surface area contributed by atoms with Gasteiger partial charge in [-0.05, 0) is 52.0 Å². The molecule has 0 heterocycles. The van der Waals surface area contributed by atoms with Crippen molar-refractivity contribution >= 4 is 5.78 Å². The Labute approximate surface area is 87.9 Å². The molecule has 0 saturated carbocycles. The first-order valence-corrected chi connectivity index (χ1v) is 5.33. The Balaban J connectivity index is 3.61. The second kappa shape index (κ2) is 7.54. The van der Waals surface area contributed by atoms with E-state index in [9.17, 15) is 4.79 Å². The van der Waals surface area contributed by atoms with E-state index in [0.717, 1.165) is 12.8 Å². The van der Waals surface area contributed by atoms with Crippen LogP contribution in [-0.4, -0.2) is 5.78 Å². The van der Waals surface area contributed by atoms with Crippen LogP contribution in [0.3, 0.4) is 0 Å². The van der Waals surface area contributed by atoms with Gasteiger partial charge >= 0.3 is 0 Å². The van der Waals surface area contributed by atoms with Gasteiger partial charge in [0.1, 0.15) is 0 Å². The average Bonchev–Trinajstić information content (AvgIpc) is 2.02. The van der Waals surface area contributed by atoms with Crippen molar-refractivity contribution in [2.45, 2.75) is 47.0 Å². The lowest BCUT2D eigenvalue weighted by molar-refractivity contribution is -0.112. The second-order valence-corrected chi connectivity index (χ2v) is 4.21. The minimum absolute atomic E-state index is 0.140. The molecule has 0 aromatic rings. The summed E-state index contributed by atoms with van der Waals surface area (Å²) in [5.74, 6) is 0.808. The van der Waals surface area contributed by atoms with E-state index < -0.39 is 0 Å². The smallest absolute Gasteiger partial charge is 0.152 e. The van der Waals surface area contributed by atoms with Crippen LogP contribution in [0.2, 0.25) is 0 Å². The Morgan fingerprint density at radius 3 is 2.43 bits per heavy atom. The van der Waals surface area contributed by atoms with E-state index in [1.165, 1.54) is 12.0 Å². The molecular formula is C13H22O. The highest BCUT2D eigenvalue weighted by atomic mass is 16.1. The van der Waals surface area contributed by atoms with Crippen LogP contribution in [0.4, 0.5) is 0 Å². The number of allylic oxidation sites excluding steroid dienone is 4. The third-order valence-electron chi connectivity index (χ3n) is 2.10. The molecule has 0 saturated heterocycles. The van der Waals surface area contributed by atoms with E-state index in [1.807, 2.05) is 6.08 Å². The topological polar surface area (TPSA) is 17.1 Å². The van der Waals surface area contributed by atoms with E-state index in [-0.39, 0.29) is 5.78 Å². The fraction of sp³-hybridized carbons (Fsp3) is 0.615. The number of hydrogen-bond donors (Lipinski definition) is 0. The fourth-order valence-corrected chi connectivity index (χ4v) is 1.24. The summed E-state index contributed by atoms with van der Waals surface area (Å²) in [4.78, 5) is 10.6. The molecule has 0 rings (SSSR count). The molecule has 0 radical (unpaired) electrons. The molecule has 0 aromatic heterocycles. The maximum atomic E-state index is 10.6. The van der Waals surface area contributed by atoms with Crippen LogP contribution in [0.15, 0.2) is 23.8 Å². The summed E-state index contributed by atoms with van der Waals surface area (Å²) in [7, 11) is 0. The first kappa shape index (κ1) is 13.2. The number of ketones is 1. The van der Waals surface area contributed by atoms with Crippen LogP contribution < -0.4 is 0 Å². The van der Waals surface area contributed by atoms with Gasteiger partial charge in [0.05, 0.1) is 0 Å². The van der Waals surface area contributed by atoms with E-state index in [2.05, 4.69) is 26.8 Å². The van der Waals surface area contributed by atoms with Crippen LogP contribution in [0.25, 0.3) is 0 Å². The van der Waals surface area contributed by atoms with Crippen LogP contribution in [0.5, 0.6) is 0 Å². The summed E-state index contributed by atoms with van der Waals surface area (Å²) in [5, 5.41) is 0. The van der Waals surface area contributed by atoms with Crippen molar-refractivity contribution in [1.82, 2.24) is 0 Å². The van der Waals surface area contributed by atoms with Crippen LogP contribution >= 0.6 is 0 Å². The van der Waals surface area contributed by atoms with Gasteiger partial charge in [-0.1, -0.05) is 24.6 Å². The van der Waals surface area contributed by atoms with Crippen molar-refractivity contribution in [3.63, 3.8) is 0 Å². The summed E-state index contributed by atoms with van der Waals surface area (Å²) >= 11 is 0. The zero-order valence-corrected chi connectivity index (χ0v) is 9.84. The summed E-state index contributed by atoms with van der Waals surface area (Å²) < 4.78 is 0. The van der Waals surface area contributed by atoms with E-state index in [1.54, 1.807) is 13.0 Å². The Kier molecular flexibility index (Phi) is 7.09. The van der Waals surface area contributed by atoms with E-state index in [0.29, 0.717) is 5.92 Å². The highest BCUT2D eigenvalue weighted by molar-refractivity contribution is 5.87. The summed E-state index contributed by atoms with van der Waals surface area (Å²) in [5.41, 5.74) is 1.39. The number of carbonyl (C=O) groups excluding carboxylic acids is 1. The first-order valence-electron chi connectivity index (χ1n) is 5.33. The Bertz CT molecular complexity index is 219. The highest BCUT2D eigenvalue weighted by Gasteiger charge is 1.97. The number of rotatable bonds is 6. The number of carbonyl (C=O) groups is 1. The quantitative estimate of drug-likeness (QED) is 0.463. The molecule has 1 heteroatoms. The van der Waals surface area contributed by atoms with E-state index in [4.69, 9.17) is 0 Å². The van der Waals surface area contributed by atoms with Crippen LogP contribution in [-0.2, 0) is 4.79 Å². The molecule has 0 aromatic carbocycles. The Hall–Kier alpha value is -0.850. The SMILES string of the molecule is CC(=O)/C=C/C[C@H](C)CCC=C(C)C. The molecule has 0 spiro atoms. The lowest BCUT2D eigenvalue weighted by atomic mass is 10.0. The van der Waals surface area contributed by atoms with Gasteiger partial charge < -0.3 is 0 Å². The summed E-state index contributed by atoms with van der Waals surface area (Å²) in [6.45, 7) is 8.06. The molecule has 14 heavy (non-hydrogen) atoms. The van der Waals surface area contributed by atoms with E-state index >= 15 is 0 Å². The zero-order valence-electron chi connectivity index (χ0n) is 9.84. The van der Waals surface area contributed by atoms with Gasteiger partial charge in [0.25, 0.3) is 0 Å². The van der Waals surface area contributed by atoms with Crippen molar-refractivity contribution in [3.05, 3.63) is 23.8 Å². The van der Waals surface area contributed by atoms with Crippen molar-refractivity contribution < 1.29 is 4.79 Å². The lowest BCUT2D eigenvalue weighted by Crippen LogP contribution is -1.92. The van der Waals surface area contributed by atoms with Crippen molar-refractivity contribution in [2.75, 3.05) is 0 Å². The largest absolute Gasteiger partial charge is 0.295 e. The van der Waals surface area contributed by atoms with Gasteiger partial charge in [0.2, 0.25) is 0 Å². The molecule has 0 amide bonds. The van der Waals surface area contributed by atoms with Gasteiger partial charge in [-0.3, -0.25) is 4.79 Å². The molecule has 1 atom stereocenters. The Morgan fingerprint density at radius 1 is 1.29 bits per heavy atom. The average molecular weight is 194 g/mol. The lowest BCUT2D eigenvalue weighted by Gasteiger charge is -2.05. The fourth-order valence-electron chi connectivity index (χ4n) is 1.24. The molecular weight excluding hydrogens is 172 g/mol. The Morgan fingerprint density at radius 2 is 1.93 bits per heavy atom. The predicted molar refractivity (Wildman–Crippen MR) is 62.3 cm³/mol. The zero-order chi connectivity index (χ0) is 11.0. The third kappa shape index (κ3) is 9.24. The monoisotopic (exact) mass is 194 g/mol. The molecule has 0 fully saturated rings. The van der Waals surface area contributed by atoms with Crippen LogP contribution in [0, 0.1) is 5.92 Å². The molecule has 0 aliphatic rings. The van der Waals surface area contributed by atoms with Gasteiger partial charge in [-0.2, -0.15) is 0 Å². The van der Waals surface area contributed by atoms with Crippen LogP contribution in [0.1, 0.15) is 47.0 Å². The third-order valence-corrected chi connectivity index (χ3v) is 2.10. The predicted octanol–water partition coefficient (Wildman–Crippen LogP) is 3.90. The maximum Gasteiger partial charge on any atom is 0.152 e. The molecule has 0 unspecified atom stereocenters. The highest BCUT2D eigenvalue weighted by Crippen LogP contribution is 2.12. The summed E-state index contributed by atoms with van der Waals surface area (Å²) in [6, 6.07) is 0. The standard InChI is InChI=1S/C13H22O/c1-11(2)7-5-8-12(3)9-6-10-13(4)14/h6-7,10,12H,5,8-9H2,1-4H3/b10-6+/t12-/m1/s1. The normalized spacial score (nSPS) is 12.9. The van der Waals surface area contributed by atoms with Crippen molar-refractivity contribution in [1.29, 1.82) is 0 Å². The molecule has 0 bridgehead atoms. The van der Waals surface area contributed by atoms with Crippen molar-refractivity contribution in [2.24, 2.45) is 5.92 Å². The molecule has 1 nitrogen and oxygen atoms in total. The van der Waals surface area contributed by atoms with Gasteiger partial charge in [0, 0.05) is 0 Å². The van der Waals surface area contributed by atoms with Crippen molar-refractivity contribution in [3.8, 4) is 0 Å². The second-order valence-electron chi connectivity index (χ2n) is 4.21. The van der Waals surface area contributed by atoms with Gasteiger partial charge in [0.15, 0.2) is 5.78 Å². The first-order chi connectivity index (χ1) is 6.52. The molecule has 0 aliphatic carbocycles. The summed E-state index contributed by atoms with van der Waals surface area (Å²) in [6.07, 6.45) is 9.28. The minimum atomic E-state index is 0.140. The van der Waals surface area contributed by atoms with Gasteiger partial charge in [-0.15, -0.1) is 0 Å².